The third kappa shape index (κ3) is 4.15. The highest BCUT2D eigenvalue weighted by Gasteiger charge is 2.24. The normalized spacial score (nSPS) is 17.8. The van der Waals surface area contributed by atoms with Crippen LogP contribution >= 0.6 is 0 Å². The average molecular weight is 352 g/mol. The van der Waals surface area contributed by atoms with Crippen LogP contribution in [0, 0.1) is 5.92 Å². The van der Waals surface area contributed by atoms with Crippen molar-refractivity contribution in [2.75, 3.05) is 27.7 Å². The first-order valence-electron chi connectivity index (χ1n) is 7.90. The summed E-state index contributed by atoms with van der Waals surface area (Å²) in [6.07, 6.45) is 7.34. The van der Waals surface area contributed by atoms with E-state index >= 15 is 0 Å². The van der Waals surface area contributed by atoms with Gasteiger partial charge in [-0.2, -0.15) is 0 Å². The number of nitrogens with one attached hydrogen (secondary N) is 1. The monoisotopic (exact) mass is 352 g/mol. The van der Waals surface area contributed by atoms with Crippen LogP contribution in [0.5, 0.6) is 5.75 Å². The highest BCUT2D eigenvalue weighted by atomic mass is 32.2. The summed E-state index contributed by atoms with van der Waals surface area (Å²) in [4.78, 5) is 12.3. The minimum absolute atomic E-state index is 0.0109. The number of benzene rings is 1. The van der Waals surface area contributed by atoms with Crippen LogP contribution in [0.1, 0.15) is 29.6 Å². The Morgan fingerprint density at radius 2 is 2.08 bits per heavy atom. The Bertz CT molecular complexity index is 726. The lowest BCUT2D eigenvalue weighted by molar-refractivity contribution is 0.0946. The summed E-state index contributed by atoms with van der Waals surface area (Å²) in [5, 5.41) is 2.89. The Kier molecular flexibility index (Phi) is 6.01. The highest BCUT2D eigenvalue weighted by molar-refractivity contribution is 7.89. The first kappa shape index (κ1) is 18.5. The molecule has 0 fully saturated rings. The molecule has 1 amide bonds. The van der Waals surface area contributed by atoms with Gasteiger partial charge in [0.25, 0.3) is 5.91 Å². The van der Waals surface area contributed by atoms with E-state index in [1.54, 1.807) is 6.07 Å². The van der Waals surface area contributed by atoms with Gasteiger partial charge in [0, 0.05) is 26.2 Å². The lowest BCUT2D eigenvalue weighted by Crippen LogP contribution is -2.30. The van der Waals surface area contributed by atoms with E-state index < -0.39 is 10.0 Å². The van der Waals surface area contributed by atoms with E-state index in [-0.39, 0.29) is 16.6 Å². The maximum atomic E-state index is 12.4. The molecule has 0 aliphatic heterocycles. The number of carbonyl (C=O) groups excluding carboxylic acids is 1. The number of nitrogens with zero attached hydrogens (tertiary/aromatic N) is 1. The molecule has 1 aromatic carbocycles. The summed E-state index contributed by atoms with van der Waals surface area (Å²) in [6, 6.07) is 4.45. The molecule has 132 valence electrons. The quantitative estimate of drug-likeness (QED) is 0.795. The van der Waals surface area contributed by atoms with Crippen LogP contribution in [0.25, 0.3) is 0 Å². The van der Waals surface area contributed by atoms with E-state index in [2.05, 4.69) is 17.5 Å². The Hall–Kier alpha value is -1.86. The van der Waals surface area contributed by atoms with E-state index in [0.29, 0.717) is 18.0 Å². The number of methoxy groups -OCH3 is 1. The molecule has 24 heavy (non-hydrogen) atoms. The van der Waals surface area contributed by atoms with Crippen LogP contribution in [0.2, 0.25) is 0 Å². The van der Waals surface area contributed by atoms with Crippen molar-refractivity contribution in [2.45, 2.75) is 24.2 Å². The molecule has 2 rings (SSSR count). The standard InChI is InChI=1S/C17H24N2O4S/c1-19(2)24(21,22)16-11-14(9-10-15(16)23-3)17(20)18-12-13-7-5-4-6-8-13/h4-5,9-11,13H,6-8,12H2,1-3H3,(H,18,20). The van der Waals surface area contributed by atoms with Crippen LogP contribution < -0.4 is 10.1 Å². The van der Waals surface area contributed by atoms with Crippen LogP contribution in [0.15, 0.2) is 35.2 Å². The molecule has 1 atom stereocenters. The molecule has 0 aromatic heterocycles. The zero-order valence-electron chi connectivity index (χ0n) is 14.3. The number of allylic oxidation sites excluding steroid dienone is 2. The van der Waals surface area contributed by atoms with Crippen molar-refractivity contribution in [1.82, 2.24) is 9.62 Å². The van der Waals surface area contributed by atoms with Crippen molar-refractivity contribution in [2.24, 2.45) is 5.92 Å². The number of rotatable bonds is 6. The van der Waals surface area contributed by atoms with Gasteiger partial charge in [0.2, 0.25) is 10.0 Å². The fraction of sp³-hybridized carbons (Fsp3) is 0.471. The van der Waals surface area contributed by atoms with Gasteiger partial charge in [0.1, 0.15) is 10.6 Å². The Morgan fingerprint density at radius 1 is 1.33 bits per heavy atom. The number of ether oxygens (including phenoxy) is 1. The third-order valence-corrected chi connectivity index (χ3v) is 5.95. The second-order valence-electron chi connectivity index (χ2n) is 6.01. The summed E-state index contributed by atoms with van der Waals surface area (Å²) in [5.41, 5.74) is 0.308. The predicted octanol–water partition coefficient (Wildman–Crippen LogP) is 2.03. The summed E-state index contributed by atoms with van der Waals surface area (Å²) >= 11 is 0. The molecule has 0 radical (unpaired) electrons. The van der Waals surface area contributed by atoms with Gasteiger partial charge in [-0.25, -0.2) is 12.7 Å². The highest BCUT2D eigenvalue weighted by Crippen LogP contribution is 2.27. The largest absolute Gasteiger partial charge is 0.495 e. The molecule has 0 saturated heterocycles. The minimum atomic E-state index is -3.69. The maximum absolute atomic E-state index is 12.4. The number of hydrogen-bond acceptors (Lipinski definition) is 4. The zero-order valence-corrected chi connectivity index (χ0v) is 15.1. The number of carbonyl (C=O) groups is 1. The average Bonchev–Trinajstić information content (AvgIpc) is 2.59. The minimum Gasteiger partial charge on any atom is -0.495 e. The smallest absolute Gasteiger partial charge is 0.251 e. The molecule has 1 aliphatic rings. The van der Waals surface area contributed by atoms with E-state index in [0.717, 1.165) is 23.6 Å². The maximum Gasteiger partial charge on any atom is 0.251 e. The molecule has 6 nitrogen and oxygen atoms in total. The number of amides is 1. The molecule has 1 aromatic rings. The topological polar surface area (TPSA) is 75.7 Å². The van der Waals surface area contributed by atoms with Gasteiger partial charge >= 0.3 is 0 Å². The van der Waals surface area contributed by atoms with Crippen LogP contribution in [0.3, 0.4) is 0 Å². The van der Waals surface area contributed by atoms with E-state index in [4.69, 9.17) is 4.74 Å². The van der Waals surface area contributed by atoms with Gasteiger partial charge < -0.3 is 10.1 Å². The van der Waals surface area contributed by atoms with Crippen molar-refractivity contribution in [3.05, 3.63) is 35.9 Å². The van der Waals surface area contributed by atoms with Crippen molar-refractivity contribution >= 4 is 15.9 Å². The van der Waals surface area contributed by atoms with Gasteiger partial charge in [0.05, 0.1) is 7.11 Å². The molecule has 0 spiro atoms. The summed E-state index contributed by atoms with van der Waals surface area (Å²) < 4.78 is 31.0. The predicted molar refractivity (Wildman–Crippen MR) is 92.7 cm³/mol. The molecular weight excluding hydrogens is 328 g/mol. The number of sulfonamides is 1. The molecule has 0 saturated carbocycles. The van der Waals surface area contributed by atoms with Crippen LogP contribution in [-0.2, 0) is 10.0 Å². The molecule has 1 N–H and O–H groups in total. The third-order valence-electron chi connectivity index (χ3n) is 4.11. The lowest BCUT2D eigenvalue weighted by Gasteiger charge is -2.19. The Morgan fingerprint density at radius 3 is 2.67 bits per heavy atom. The van der Waals surface area contributed by atoms with Crippen LogP contribution in [0.4, 0.5) is 0 Å². The molecule has 1 unspecified atom stereocenters. The number of hydrogen-bond donors (Lipinski definition) is 1. The first-order valence-corrected chi connectivity index (χ1v) is 9.34. The first-order chi connectivity index (χ1) is 11.4. The fourth-order valence-electron chi connectivity index (χ4n) is 2.60. The Labute approximate surface area is 143 Å². The second kappa shape index (κ2) is 7.81. The van der Waals surface area contributed by atoms with E-state index in [1.165, 1.54) is 33.3 Å². The van der Waals surface area contributed by atoms with Crippen molar-refractivity contribution < 1.29 is 17.9 Å². The molecule has 7 heteroatoms. The molecular formula is C17H24N2O4S. The van der Waals surface area contributed by atoms with Gasteiger partial charge in [-0.1, -0.05) is 12.2 Å². The van der Waals surface area contributed by atoms with Gasteiger partial charge in [-0.05, 0) is 43.4 Å². The van der Waals surface area contributed by atoms with Crippen molar-refractivity contribution in [1.29, 1.82) is 0 Å². The van der Waals surface area contributed by atoms with Gasteiger partial charge in [0.15, 0.2) is 0 Å². The van der Waals surface area contributed by atoms with Crippen molar-refractivity contribution in [3.63, 3.8) is 0 Å². The molecule has 0 bridgehead atoms. The van der Waals surface area contributed by atoms with Crippen molar-refractivity contribution in [3.8, 4) is 5.75 Å². The SMILES string of the molecule is COc1ccc(C(=O)NCC2CC=CCC2)cc1S(=O)(=O)N(C)C. The summed E-state index contributed by atoms with van der Waals surface area (Å²) in [5.74, 6) is 0.377. The zero-order chi connectivity index (χ0) is 17.7. The lowest BCUT2D eigenvalue weighted by atomic mass is 9.94. The Balaban J connectivity index is 2.18. The molecule has 0 heterocycles. The summed E-state index contributed by atoms with van der Waals surface area (Å²) in [6.45, 7) is 0.588. The van der Waals surface area contributed by atoms with Gasteiger partial charge in [-0.3, -0.25) is 4.79 Å². The fourth-order valence-corrected chi connectivity index (χ4v) is 3.67. The van der Waals surface area contributed by atoms with Gasteiger partial charge in [-0.15, -0.1) is 0 Å². The molecule has 1 aliphatic carbocycles. The second-order valence-corrected chi connectivity index (χ2v) is 8.13. The van der Waals surface area contributed by atoms with E-state index in [9.17, 15) is 13.2 Å². The van der Waals surface area contributed by atoms with E-state index in [1.807, 2.05) is 0 Å². The van der Waals surface area contributed by atoms with Crippen LogP contribution in [-0.4, -0.2) is 46.4 Å². The summed E-state index contributed by atoms with van der Waals surface area (Å²) in [7, 11) is 0.596.